The molecule has 0 bridgehead atoms. The number of halogens is 1. The lowest BCUT2D eigenvalue weighted by atomic mass is 10.2. The minimum atomic E-state index is 0.439. The van der Waals surface area contributed by atoms with Crippen molar-refractivity contribution < 1.29 is 0 Å². The summed E-state index contributed by atoms with van der Waals surface area (Å²) in [6, 6.07) is 2.47. The zero-order valence-electron chi connectivity index (χ0n) is 12.2. The van der Waals surface area contributed by atoms with Crippen molar-refractivity contribution in [1.82, 2.24) is 14.9 Å². The fourth-order valence-corrected chi connectivity index (χ4v) is 2.81. The molecule has 4 nitrogen and oxygen atoms in total. The molecule has 0 aliphatic heterocycles. The van der Waals surface area contributed by atoms with E-state index in [1.165, 1.54) is 12.8 Å². The van der Waals surface area contributed by atoms with Crippen LogP contribution >= 0.6 is 15.9 Å². The van der Waals surface area contributed by atoms with Crippen molar-refractivity contribution in [2.45, 2.75) is 38.6 Å². The molecule has 1 heterocycles. The number of likely N-dealkylation sites (N-methyl/N-ethyl adjacent to an activating group) is 2. The van der Waals surface area contributed by atoms with Crippen molar-refractivity contribution in [2.24, 2.45) is 0 Å². The van der Waals surface area contributed by atoms with Gasteiger partial charge < -0.3 is 9.80 Å². The van der Waals surface area contributed by atoms with E-state index in [9.17, 15) is 0 Å². The maximum atomic E-state index is 4.76. The molecule has 19 heavy (non-hydrogen) atoms. The van der Waals surface area contributed by atoms with Crippen molar-refractivity contribution >= 4 is 21.7 Å². The summed E-state index contributed by atoms with van der Waals surface area (Å²) in [5.41, 5.74) is 0. The minimum Gasteiger partial charge on any atom is -0.353 e. The van der Waals surface area contributed by atoms with E-state index >= 15 is 0 Å². The first-order valence-corrected chi connectivity index (χ1v) is 7.76. The Kier molecular flexibility index (Phi) is 4.79. The number of anilines is 1. The van der Waals surface area contributed by atoms with Gasteiger partial charge in [0, 0.05) is 31.1 Å². The molecular weight excluding hydrogens is 304 g/mol. The van der Waals surface area contributed by atoms with Gasteiger partial charge in [-0.15, -0.1) is 0 Å². The van der Waals surface area contributed by atoms with Crippen molar-refractivity contribution in [1.29, 1.82) is 0 Å². The van der Waals surface area contributed by atoms with E-state index in [-0.39, 0.29) is 0 Å². The Morgan fingerprint density at radius 2 is 2.05 bits per heavy atom. The van der Waals surface area contributed by atoms with Crippen LogP contribution in [0.3, 0.4) is 0 Å². The molecule has 1 aliphatic carbocycles. The molecule has 2 rings (SSSR count). The summed E-state index contributed by atoms with van der Waals surface area (Å²) in [6.07, 6.45) is 2.46. The monoisotopic (exact) mass is 326 g/mol. The second-order valence-corrected chi connectivity index (χ2v) is 6.39. The second kappa shape index (κ2) is 6.18. The van der Waals surface area contributed by atoms with Gasteiger partial charge in [-0.3, -0.25) is 0 Å². The highest BCUT2D eigenvalue weighted by Gasteiger charge is 2.28. The molecule has 1 aliphatic rings. The first-order chi connectivity index (χ1) is 9.01. The van der Waals surface area contributed by atoms with Gasteiger partial charge in [0.2, 0.25) is 0 Å². The molecular formula is C14H23BrN4. The van der Waals surface area contributed by atoms with Crippen molar-refractivity contribution in [3.05, 3.63) is 16.5 Å². The lowest BCUT2D eigenvalue weighted by Crippen LogP contribution is -2.40. The van der Waals surface area contributed by atoms with Crippen molar-refractivity contribution in [3.8, 4) is 0 Å². The molecule has 1 aromatic heterocycles. The first-order valence-electron chi connectivity index (χ1n) is 6.97. The summed E-state index contributed by atoms with van der Waals surface area (Å²) in [4.78, 5) is 13.8. The second-order valence-electron chi connectivity index (χ2n) is 5.58. The number of hydrogen-bond donors (Lipinski definition) is 0. The van der Waals surface area contributed by atoms with Gasteiger partial charge in [-0.25, -0.2) is 9.97 Å². The molecule has 1 atom stereocenters. The van der Waals surface area contributed by atoms with E-state index < -0.39 is 0 Å². The van der Waals surface area contributed by atoms with Crippen LogP contribution in [0.1, 0.15) is 38.4 Å². The van der Waals surface area contributed by atoms with Crippen LogP contribution in [0.2, 0.25) is 0 Å². The molecule has 5 heteroatoms. The summed E-state index contributed by atoms with van der Waals surface area (Å²) in [6.45, 7) is 6.41. The summed E-state index contributed by atoms with van der Waals surface area (Å²) in [5, 5.41) is 0. The smallest absolute Gasteiger partial charge is 0.135 e. The molecule has 106 valence electrons. The van der Waals surface area contributed by atoms with E-state index in [0.29, 0.717) is 12.0 Å². The zero-order valence-corrected chi connectivity index (χ0v) is 13.8. The lowest BCUT2D eigenvalue weighted by Gasteiger charge is -2.31. The Morgan fingerprint density at radius 1 is 1.37 bits per heavy atom. The summed E-state index contributed by atoms with van der Waals surface area (Å²) >= 11 is 3.52. The van der Waals surface area contributed by atoms with Crippen LogP contribution in [-0.4, -0.2) is 48.1 Å². The van der Waals surface area contributed by atoms with E-state index in [1.807, 2.05) is 6.07 Å². The van der Waals surface area contributed by atoms with E-state index in [1.54, 1.807) is 0 Å². The van der Waals surface area contributed by atoms with Crippen LogP contribution in [-0.2, 0) is 0 Å². The van der Waals surface area contributed by atoms with Gasteiger partial charge in [-0.2, -0.15) is 0 Å². The molecule has 1 saturated carbocycles. The molecule has 0 spiro atoms. The van der Waals surface area contributed by atoms with E-state index in [4.69, 9.17) is 4.98 Å². The molecule has 0 N–H and O–H groups in total. The van der Waals surface area contributed by atoms with Crippen molar-refractivity contribution in [2.75, 3.05) is 32.1 Å². The molecule has 1 fully saturated rings. The Morgan fingerprint density at radius 3 is 2.58 bits per heavy atom. The van der Waals surface area contributed by atoms with Gasteiger partial charge in [0.25, 0.3) is 0 Å². The maximum Gasteiger partial charge on any atom is 0.135 e. The third-order valence-corrected chi connectivity index (χ3v) is 3.84. The van der Waals surface area contributed by atoms with Crippen molar-refractivity contribution in [3.63, 3.8) is 0 Å². The summed E-state index contributed by atoms with van der Waals surface area (Å²) in [5.74, 6) is 2.62. The zero-order chi connectivity index (χ0) is 14.0. The molecule has 1 aromatic rings. The van der Waals surface area contributed by atoms with Crippen LogP contribution in [0, 0.1) is 0 Å². The average Bonchev–Trinajstić information content (AvgIpc) is 3.11. The molecule has 1 unspecified atom stereocenters. The highest BCUT2D eigenvalue weighted by molar-refractivity contribution is 9.10. The fourth-order valence-electron chi connectivity index (χ4n) is 2.42. The van der Waals surface area contributed by atoms with Gasteiger partial charge in [0.05, 0.1) is 0 Å². The lowest BCUT2D eigenvalue weighted by molar-refractivity contribution is 0.372. The predicted molar refractivity (Wildman–Crippen MR) is 82.7 cm³/mol. The first kappa shape index (κ1) is 14.7. The van der Waals surface area contributed by atoms with Gasteiger partial charge in [0.15, 0.2) is 0 Å². The Bertz CT molecular complexity index is 431. The van der Waals surface area contributed by atoms with Gasteiger partial charge in [-0.05, 0) is 56.7 Å². The Labute approximate surface area is 124 Å². The molecule has 0 amide bonds. The fraction of sp³-hybridized carbons (Fsp3) is 0.714. The van der Waals surface area contributed by atoms with Crippen LogP contribution in [0.4, 0.5) is 5.82 Å². The summed E-state index contributed by atoms with van der Waals surface area (Å²) in [7, 11) is 4.21. The SMILES string of the molecule is CCN(c1cc(Br)nc(C2CC2)n1)C(C)CN(C)C. The van der Waals surface area contributed by atoms with E-state index in [2.05, 4.69) is 58.7 Å². The maximum absolute atomic E-state index is 4.76. The van der Waals surface area contributed by atoms with Crippen LogP contribution in [0.15, 0.2) is 10.7 Å². The number of aromatic nitrogens is 2. The highest BCUT2D eigenvalue weighted by Crippen LogP contribution is 2.39. The minimum absolute atomic E-state index is 0.439. The van der Waals surface area contributed by atoms with E-state index in [0.717, 1.165) is 29.3 Å². The highest BCUT2D eigenvalue weighted by atomic mass is 79.9. The largest absolute Gasteiger partial charge is 0.353 e. The van der Waals surface area contributed by atoms with Gasteiger partial charge in [-0.1, -0.05) is 0 Å². The summed E-state index contributed by atoms with van der Waals surface area (Å²) < 4.78 is 0.898. The predicted octanol–water partition coefficient (Wildman–Crippen LogP) is 2.89. The number of rotatable bonds is 6. The Balaban J connectivity index is 2.21. The molecule has 0 radical (unpaired) electrons. The van der Waals surface area contributed by atoms with Crippen LogP contribution in [0.25, 0.3) is 0 Å². The topological polar surface area (TPSA) is 32.3 Å². The number of hydrogen-bond acceptors (Lipinski definition) is 4. The Hall–Kier alpha value is -0.680. The molecule has 0 saturated heterocycles. The van der Waals surface area contributed by atoms with Crippen LogP contribution < -0.4 is 4.90 Å². The quantitative estimate of drug-likeness (QED) is 0.752. The number of nitrogens with zero attached hydrogens (tertiary/aromatic N) is 4. The normalized spacial score (nSPS) is 16.7. The standard InChI is InChI=1S/C14H23BrN4/c1-5-19(10(2)9-18(3)4)13-8-12(15)16-14(17-13)11-6-7-11/h8,10-11H,5-7,9H2,1-4H3. The van der Waals surface area contributed by atoms with Gasteiger partial charge in [0.1, 0.15) is 16.2 Å². The van der Waals surface area contributed by atoms with Gasteiger partial charge >= 0.3 is 0 Å². The third-order valence-electron chi connectivity index (χ3n) is 3.44. The molecule has 0 aromatic carbocycles. The third kappa shape index (κ3) is 3.89. The van der Waals surface area contributed by atoms with Crippen LogP contribution in [0.5, 0.6) is 0 Å². The average molecular weight is 327 g/mol.